The summed E-state index contributed by atoms with van der Waals surface area (Å²) in [6.45, 7) is 0. The van der Waals surface area contributed by atoms with Crippen LogP contribution in [0.4, 0.5) is 0 Å². The van der Waals surface area contributed by atoms with E-state index >= 15 is 0 Å². The Balaban J connectivity index is 0. The van der Waals surface area contributed by atoms with Crippen molar-refractivity contribution in [1.29, 1.82) is 0 Å². The van der Waals surface area contributed by atoms with E-state index in [1.807, 2.05) is 0 Å². The zero-order chi connectivity index (χ0) is 0. The summed E-state index contributed by atoms with van der Waals surface area (Å²) in [4.78, 5) is 0. The summed E-state index contributed by atoms with van der Waals surface area (Å²) in [5.74, 6) is 0. The van der Waals surface area contributed by atoms with E-state index in [0.29, 0.717) is 0 Å². The van der Waals surface area contributed by atoms with E-state index in [1.54, 1.807) is 0 Å². The molecule has 0 unspecified atom stereocenters. The summed E-state index contributed by atoms with van der Waals surface area (Å²) in [5, 5.41) is 0. The van der Waals surface area contributed by atoms with Crippen LogP contribution in [0.3, 0.4) is 0 Å². The molecule has 4 heavy (non-hydrogen) atoms. The minimum Gasteiger partial charge on any atom is 0 e. The Labute approximate surface area is 74.8 Å². The van der Waals surface area contributed by atoms with E-state index in [4.69, 9.17) is 0 Å². The predicted molar refractivity (Wildman–Crippen MR) is 17.8 cm³/mol. The van der Waals surface area contributed by atoms with Gasteiger partial charge >= 0.3 is 65.8 Å². The molecule has 0 aromatic rings. The zero-order valence-electron chi connectivity index (χ0n) is 2.58. The average molecular weight is 72.8 g/mol. The smallest absolute Gasteiger partial charge is 0 e. The van der Waals surface area contributed by atoms with Gasteiger partial charge in [0.2, 0.25) is 0 Å². The van der Waals surface area contributed by atoms with E-state index in [9.17, 15) is 0 Å². The molecule has 0 radical (unpaired) electrons. The van der Waals surface area contributed by atoms with Crippen molar-refractivity contribution in [3.05, 3.63) is 0 Å². The van der Waals surface area contributed by atoms with Crippen LogP contribution in [0.2, 0.25) is 0 Å². The molecule has 0 atom stereocenters. The molecule has 0 aliphatic carbocycles. The number of hydrogen-bond acceptors (Lipinski definition) is 0. The van der Waals surface area contributed by atoms with Crippen LogP contribution in [0.1, 0.15) is 1.43 Å². The van der Waals surface area contributed by atoms with Gasteiger partial charge in [-0.15, -0.1) is 0 Å². The van der Waals surface area contributed by atoms with Gasteiger partial charge in [-0.2, -0.15) is 0 Å². The molecule has 0 nitrogen and oxygen atoms in total. The van der Waals surface area contributed by atoms with Gasteiger partial charge in [0.1, 0.15) is 0 Å². The average Bonchev–Trinajstić information content (AvgIpc) is 0. The molecule has 0 fully saturated rings. The van der Waals surface area contributed by atoms with Gasteiger partial charge in [0.15, 0.2) is 0 Å². The molecule has 4 heteroatoms. The molecular formula is H5AlBLiNa+5. The van der Waals surface area contributed by atoms with Gasteiger partial charge in [-0.25, -0.2) is 0 Å². The second kappa shape index (κ2) is 19.0. The Bertz CT molecular complexity index is 11.6. The third kappa shape index (κ3) is 8.89. The first-order valence-electron chi connectivity index (χ1n) is 0. The molecule has 0 N–H and O–H groups in total. The summed E-state index contributed by atoms with van der Waals surface area (Å²) < 4.78 is 0. The first-order valence-corrected chi connectivity index (χ1v) is 0. The number of hydrogen-bond donors (Lipinski definition) is 0. The van der Waals surface area contributed by atoms with Crippen LogP contribution in [0.15, 0.2) is 0 Å². The van der Waals surface area contributed by atoms with E-state index in [-0.39, 0.29) is 75.6 Å². The molecular weight excluding hydrogens is 67.7 g/mol. The molecule has 0 aromatic carbocycles. The number of rotatable bonds is 0. The van der Waals surface area contributed by atoms with Crippen LogP contribution in [-0.4, -0.2) is 25.8 Å². The molecule has 0 spiro atoms. The van der Waals surface area contributed by atoms with E-state index in [0.717, 1.165) is 0 Å². The van der Waals surface area contributed by atoms with Crippen LogP contribution in [0.25, 0.3) is 0 Å². The van der Waals surface area contributed by atoms with E-state index in [2.05, 4.69) is 0 Å². The van der Waals surface area contributed by atoms with Crippen molar-refractivity contribution < 1.29 is 49.8 Å². The van der Waals surface area contributed by atoms with Crippen LogP contribution in [0, 0.1) is 0 Å². The maximum absolute atomic E-state index is 0. The quantitative estimate of drug-likeness (QED) is 0.250. The molecule has 0 aromatic heterocycles. The summed E-state index contributed by atoms with van der Waals surface area (Å²) in [7, 11) is 0. The predicted octanol–water partition coefficient (Wildman–Crippen LogP) is -7.31. The van der Waals surface area contributed by atoms with Crippen molar-refractivity contribution in [2.75, 3.05) is 0 Å². The third-order valence-electron chi connectivity index (χ3n) is 0. The normalized spacial score (nSPS) is 0. The van der Waals surface area contributed by atoms with Crippen molar-refractivity contribution in [2.45, 2.75) is 0 Å². The first-order chi connectivity index (χ1) is 0. The van der Waals surface area contributed by atoms with Gasteiger partial charge in [0.05, 0.1) is 8.41 Å². The first kappa shape index (κ1) is 34.7. The molecule has 8 valence electrons. The van der Waals surface area contributed by atoms with Gasteiger partial charge in [-0.1, -0.05) is 0 Å². The van der Waals surface area contributed by atoms with Crippen molar-refractivity contribution >= 4 is 25.8 Å². The Hall–Kier alpha value is 2.19. The summed E-state index contributed by atoms with van der Waals surface area (Å²) >= 11 is 0. The van der Waals surface area contributed by atoms with Gasteiger partial charge in [-0.05, 0) is 0 Å². The summed E-state index contributed by atoms with van der Waals surface area (Å²) in [6, 6.07) is 0. The van der Waals surface area contributed by atoms with Crippen molar-refractivity contribution in [2.24, 2.45) is 0 Å². The minimum absolute atomic E-state index is 0. The minimum atomic E-state index is 0. The zero-order valence-corrected chi connectivity index (χ0v) is 5.73. The van der Waals surface area contributed by atoms with Crippen molar-refractivity contribution in [1.82, 2.24) is 0 Å². The fraction of sp³-hybridized carbons (Fsp3) is 0. The Morgan fingerprint density at radius 3 is 1.25 bits per heavy atom. The summed E-state index contributed by atoms with van der Waals surface area (Å²) in [5.41, 5.74) is 0. The standard InChI is InChI=1S/Al.BH3.Li.Na.H2/h;1H3;;;1H/q+3;;2*+1;. The monoisotopic (exact) mass is 73.0 g/mol. The molecule has 0 saturated carbocycles. The topological polar surface area (TPSA) is 0 Å². The molecule has 0 bridgehead atoms. The Morgan fingerprint density at radius 2 is 1.25 bits per heavy atom. The second-order valence-corrected chi connectivity index (χ2v) is 0. The van der Waals surface area contributed by atoms with Crippen LogP contribution < -0.4 is 48.4 Å². The van der Waals surface area contributed by atoms with Gasteiger partial charge in [-0.3, -0.25) is 0 Å². The molecule has 0 aliphatic rings. The fourth-order valence-corrected chi connectivity index (χ4v) is 0. The Morgan fingerprint density at radius 1 is 1.25 bits per heavy atom. The molecule has 0 rings (SSSR count). The fourth-order valence-electron chi connectivity index (χ4n) is 0. The van der Waals surface area contributed by atoms with E-state index in [1.165, 1.54) is 0 Å². The van der Waals surface area contributed by atoms with Crippen molar-refractivity contribution in [3.63, 3.8) is 0 Å². The van der Waals surface area contributed by atoms with Crippen LogP contribution in [0.5, 0.6) is 0 Å². The van der Waals surface area contributed by atoms with Crippen molar-refractivity contribution in [3.8, 4) is 0 Å². The van der Waals surface area contributed by atoms with Gasteiger partial charge in [0, 0.05) is 1.43 Å². The van der Waals surface area contributed by atoms with Crippen LogP contribution >= 0.6 is 0 Å². The maximum Gasteiger partial charge on any atom is 3.00 e. The van der Waals surface area contributed by atoms with Crippen LogP contribution in [-0.2, 0) is 0 Å². The van der Waals surface area contributed by atoms with Gasteiger partial charge < -0.3 is 0 Å². The molecule has 0 amide bonds. The molecule has 0 heterocycles. The molecule has 0 saturated heterocycles. The van der Waals surface area contributed by atoms with Gasteiger partial charge in [0.25, 0.3) is 0 Å². The Kier molecular flexibility index (Phi) is 165. The molecule has 0 aliphatic heterocycles. The third-order valence-corrected chi connectivity index (χ3v) is 0. The second-order valence-electron chi connectivity index (χ2n) is 0. The maximum atomic E-state index is 0. The SMILES string of the molecule is B.[Al+3].[HH].[Li+].[Na+]. The largest absolute Gasteiger partial charge is 3.00 e. The summed E-state index contributed by atoms with van der Waals surface area (Å²) in [6.07, 6.45) is 0. The van der Waals surface area contributed by atoms with E-state index < -0.39 is 0 Å².